The van der Waals surface area contributed by atoms with Gasteiger partial charge in [-0.2, -0.15) is 0 Å². The van der Waals surface area contributed by atoms with Gasteiger partial charge in [0, 0.05) is 23.2 Å². The SMILES string of the molecule is CCC1C[NH+](C)CC1CC(C)(C)CCC(C)(CC(C)(C)C)C(=O)[O-]. The van der Waals surface area contributed by atoms with Crippen LogP contribution >= 0.6 is 0 Å². The number of carboxylic acid groups (broad SMARTS) is 1. The molecule has 0 aromatic carbocycles. The van der Waals surface area contributed by atoms with Crippen LogP contribution in [0.15, 0.2) is 0 Å². The first-order valence-corrected chi connectivity index (χ1v) is 9.81. The van der Waals surface area contributed by atoms with E-state index in [0.29, 0.717) is 12.8 Å². The summed E-state index contributed by atoms with van der Waals surface area (Å²) in [4.78, 5) is 13.4. The van der Waals surface area contributed by atoms with E-state index in [1.165, 1.54) is 25.9 Å². The number of carbonyl (C=O) groups is 1. The Hall–Kier alpha value is -0.570. The number of carbonyl (C=O) groups excluding carboxylic acids is 1. The number of quaternary nitrogens is 1. The van der Waals surface area contributed by atoms with E-state index in [2.05, 4.69) is 48.6 Å². The molecule has 3 heteroatoms. The maximum absolute atomic E-state index is 11.8. The molecule has 0 bridgehead atoms. The second-order valence-corrected chi connectivity index (χ2v) is 10.7. The fourth-order valence-corrected chi connectivity index (χ4v) is 4.89. The Morgan fingerprint density at radius 2 is 1.58 bits per heavy atom. The third-order valence-corrected chi connectivity index (χ3v) is 5.99. The molecule has 0 amide bonds. The van der Waals surface area contributed by atoms with Crippen LogP contribution in [0.2, 0.25) is 0 Å². The van der Waals surface area contributed by atoms with Crippen LogP contribution in [-0.4, -0.2) is 26.1 Å². The number of carboxylic acids is 1. The molecule has 1 aliphatic rings. The first kappa shape index (κ1) is 21.5. The van der Waals surface area contributed by atoms with Crippen LogP contribution in [0.1, 0.15) is 80.6 Å². The van der Waals surface area contributed by atoms with Gasteiger partial charge in [0.25, 0.3) is 0 Å². The van der Waals surface area contributed by atoms with Crippen molar-refractivity contribution in [1.82, 2.24) is 0 Å². The van der Waals surface area contributed by atoms with Crippen molar-refractivity contribution in [3.63, 3.8) is 0 Å². The minimum atomic E-state index is -0.885. The molecule has 4 atom stereocenters. The number of rotatable bonds is 8. The summed E-state index contributed by atoms with van der Waals surface area (Å²) in [7, 11) is 2.30. The summed E-state index contributed by atoms with van der Waals surface area (Å²) in [5.41, 5.74) is -0.529. The number of hydrogen-bond acceptors (Lipinski definition) is 2. The summed E-state index contributed by atoms with van der Waals surface area (Å²) in [5, 5.41) is 11.8. The van der Waals surface area contributed by atoms with Crippen molar-refractivity contribution in [1.29, 1.82) is 0 Å². The number of nitrogens with one attached hydrogen (secondary N) is 1. The zero-order valence-electron chi connectivity index (χ0n) is 17.4. The van der Waals surface area contributed by atoms with E-state index in [9.17, 15) is 9.90 Å². The van der Waals surface area contributed by atoms with Gasteiger partial charge in [-0.05, 0) is 42.9 Å². The molecule has 1 fully saturated rings. The Labute approximate surface area is 150 Å². The lowest BCUT2D eigenvalue weighted by molar-refractivity contribution is -0.869. The molecule has 1 saturated heterocycles. The molecule has 1 rings (SSSR count). The molecule has 1 N–H and O–H groups in total. The average Bonchev–Trinajstić information content (AvgIpc) is 2.74. The smallest absolute Gasteiger partial charge is 0.0802 e. The van der Waals surface area contributed by atoms with Gasteiger partial charge in [-0.15, -0.1) is 0 Å². The van der Waals surface area contributed by atoms with Gasteiger partial charge in [-0.3, -0.25) is 0 Å². The average molecular weight is 340 g/mol. The van der Waals surface area contributed by atoms with Crippen LogP contribution in [0.4, 0.5) is 0 Å². The van der Waals surface area contributed by atoms with Gasteiger partial charge in [-0.1, -0.05) is 48.5 Å². The summed E-state index contributed by atoms with van der Waals surface area (Å²) in [5.74, 6) is 0.720. The molecule has 142 valence electrons. The second-order valence-electron chi connectivity index (χ2n) is 10.7. The molecule has 1 aliphatic heterocycles. The fourth-order valence-electron chi connectivity index (χ4n) is 4.89. The lowest BCUT2D eigenvalue weighted by Crippen LogP contribution is -3.07. The van der Waals surface area contributed by atoms with Gasteiger partial charge >= 0.3 is 0 Å². The highest BCUT2D eigenvalue weighted by Gasteiger charge is 2.38. The molecule has 0 aliphatic carbocycles. The lowest BCUT2D eigenvalue weighted by atomic mass is 9.68. The highest BCUT2D eigenvalue weighted by atomic mass is 16.4. The van der Waals surface area contributed by atoms with Crippen molar-refractivity contribution in [2.45, 2.75) is 80.6 Å². The molecular weight excluding hydrogens is 298 g/mol. The van der Waals surface area contributed by atoms with E-state index in [4.69, 9.17) is 0 Å². The topological polar surface area (TPSA) is 44.6 Å². The molecule has 1 heterocycles. The molecule has 4 unspecified atom stereocenters. The van der Waals surface area contributed by atoms with E-state index >= 15 is 0 Å². The van der Waals surface area contributed by atoms with E-state index in [1.54, 1.807) is 4.90 Å². The monoisotopic (exact) mass is 339 g/mol. The minimum absolute atomic E-state index is 0.00376. The van der Waals surface area contributed by atoms with E-state index < -0.39 is 11.4 Å². The highest BCUT2D eigenvalue weighted by molar-refractivity contribution is 5.71. The van der Waals surface area contributed by atoms with Crippen LogP contribution in [0.3, 0.4) is 0 Å². The predicted molar refractivity (Wildman–Crippen MR) is 98.7 cm³/mol. The summed E-state index contributed by atoms with van der Waals surface area (Å²) in [6.07, 6.45) is 4.82. The Morgan fingerprint density at radius 1 is 1.04 bits per heavy atom. The Kier molecular flexibility index (Phi) is 6.94. The van der Waals surface area contributed by atoms with Gasteiger partial charge in [0.15, 0.2) is 0 Å². The Morgan fingerprint density at radius 3 is 2.04 bits per heavy atom. The van der Waals surface area contributed by atoms with Crippen LogP contribution in [0.5, 0.6) is 0 Å². The molecule has 0 spiro atoms. The maximum Gasteiger partial charge on any atom is 0.0802 e. The number of aliphatic carboxylic acids is 1. The molecule has 0 radical (unpaired) electrons. The number of likely N-dealkylation sites (tertiary alicyclic amines) is 1. The van der Waals surface area contributed by atoms with Crippen molar-refractivity contribution >= 4 is 5.97 Å². The van der Waals surface area contributed by atoms with Crippen LogP contribution < -0.4 is 10.0 Å². The van der Waals surface area contributed by atoms with E-state index in [1.807, 2.05) is 6.92 Å². The second kappa shape index (κ2) is 7.76. The van der Waals surface area contributed by atoms with Crippen molar-refractivity contribution in [2.24, 2.45) is 28.1 Å². The van der Waals surface area contributed by atoms with E-state index in [0.717, 1.165) is 18.3 Å². The zero-order chi connectivity index (χ0) is 18.8. The Bertz CT molecular complexity index is 424. The predicted octanol–water partition coefficient (Wildman–Crippen LogP) is 2.55. The van der Waals surface area contributed by atoms with Crippen molar-refractivity contribution in [3.05, 3.63) is 0 Å². The molecular formula is C21H41NO2. The highest BCUT2D eigenvalue weighted by Crippen LogP contribution is 2.42. The summed E-state index contributed by atoms with van der Waals surface area (Å²) in [6.45, 7) is 17.7. The number of hydrogen-bond donors (Lipinski definition) is 1. The van der Waals surface area contributed by atoms with Crippen molar-refractivity contribution < 1.29 is 14.8 Å². The van der Waals surface area contributed by atoms with Gasteiger partial charge in [0.05, 0.1) is 20.1 Å². The van der Waals surface area contributed by atoms with Gasteiger partial charge in [0.2, 0.25) is 0 Å². The molecule has 0 saturated carbocycles. The molecule has 0 aromatic rings. The molecule has 24 heavy (non-hydrogen) atoms. The standard InChI is InChI=1S/C21H41NO2/c1-9-16-13-22(8)14-17(16)12-20(5,6)10-11-21(7,18(23)24)15-19(2,3)4/h16-17H,9-15H2,1-8H3,(H,23,24). The van der Waals surface area contributed by atoms with Crippen molar-refractivity contribution in [2.75, 3.05) is 20.1 Å². The van der Waals surface area contributed by atoms with Gasteiger partial charge in [-0.25, -0.2) is 0 Å². The normalized spacial score (nSPS) is 27.9. The first-order valence-electron chi connectivity index (χ1n) is 9.81. The largest absolute Gasteiger partial charge is 0.550 e. The third kappa shape index (κ3) is 6.38. The first-order chi connectivity index (χ1) is 10.8. The van der Waals surface area contributed by atoms with Gasteiger partial charge < -0.3 is 14.8 Å². The summed E-state index contributed by atoms with van der Waals surface area (Å²) < 4.78 is 0. The van der Waals surface area contributed by atoms with Crippen molar-refractivity contribution in [3.8, 4) is 0 Å². The third-order valence-electron chi connectivity index (χ3n) is 5.99. The van der Waals surface area contributed by atoms with E-state index in [-0.39, 0.29) is 10.8 Å². The van der Waals surface area contributed by atoms with Crippen LogP contribution in [0, 0.1) is 28.1 Å². The maximum atomic E-state index is 11.8. The summed E-state index contributed by atoms with van der Waals surface area (Å²) >= 11 is 0. The van der Waals surface area contributed by atoms with Gasteiger partial charge in [0.1, 0.15) is 0 Å². The Balaban J connectivity index is 2.70. The quantitative estimate of drug-likeness (QED) is 0.738. The zero-order valence-corrected chi connectivity index (χ0v) is 17.4. The van der Waals surface area contributed by atoms with Crippen LogP contribution in [-0.2, 0) is 4.79 Å². The minimum Gasteiger partial charge on any atom is -0.550 e. The molecule has 3 nitrogen and oxygen atoms in total. The lowest BCUT2D eigenvalue weighted by Gasteiger charge is -2.39. The molecule has 0 aromatic heterocycles. The van der Waals surface area contributed by atoms with Crippen LogP contribution in [0.25, 0.3) is 0 Å². The fraction of sp³-hybridized carbons (Fsp3) is 0.952. The summed E-state index contributed by atoms with van der Waals surface area (Å²) in [6, 6.07) is 0.